The van der Waals surface area contributed by atoms with Gasteiger partial charge >= 0.3 is 6.03 Å². The minimum Gasteiger partial charge on any atom is -0.307 e. The van der Waals surface area contributed by atoms with Gasteiger partial charge in [0.1, 0.15) is 0 Å². The minimum absolute atomic E-state index is 0.0522. The summed E-state index contributed by atoms with van der Waals surface area (Å²) in [5.41, 5.74) is 3.06. The molecule has 0 aliphatic carbocycles. The van der Waals surface area contributed by atoms with Gasteiger partial charge in [-0.2, -0.15) is 0 Å². The zero-order chi connectivity index (χ0) is 14.7. The van der Waals surface area contributed by atoms with Crippen molar-refractivity contribution in [2.45, 2.75) is 18.2 Å². The lowest BCUT2D eigenvalue weighted by molar-refractivity contribution is 0.257. The minimum atomic E-state index is -0.0522. The molecule has 2 aromatic rings. The third-order valence-corrected chi connectivity index (χ3v) is 4.66. The molecule has 108 valence electrons. The Morgan fingerprint density at radius 3 is 2.81 bits per heavy atom. The van der Waals surface area contributed by atoms with Crippen molar-refractivity contribution in [3.63, 3.8) is 0 Å². The topological polar surface area (TPSA) is 32.3 Å². The Morgan fingerprint density at radius 1 is 1.19 bits per heavy atom. The van der Waals surface area contributed by atoms with Gasteiger partial charge < -0.3 is 5.32 Å². The molecule has 1 aliphatic heterocycles. The fourth-order valence-corrected chi connectivity index (χ4v) is 3.51. The molecule has 0 saturated heterocycles. The van der Waals surface area contributed by atoms with E-state index in [1.54, 1.807) is 11.8 Å². The molecule has 0 saturated carbocycles. The van der Waals surface area contributed by atoms with E-state index < -0.39 is 0 Å². The summed E-state index contributed by atoms with van der Waals surface area (Å²) >= 11 is 1.80. The number of aryl methyl sites for hydroxylation is 1. The lowest BCUT2D eigenvalue weighted by Gasteiger charge is -2.29. The number of hydrogen-bond donors (Lipinski definition) is 1. The standard InChI is InChI=1S/C17H18N2OS/c1-2-13-7-3-4-8-14(13)18-17(20)19-11-12-21-16-10-6-5-9-15(16)19/h3-10H,2,11-12H2,1H3,(H,18,20). The maximum atomic E-state index is 12.6. The maximum absolute atomic E-state index is 12.6. The number of thioether (sulfide) groups is 1. The van der Waals surface area contributed by atoms with Crippen molar-refractivity contribution in [3.05, 3.63) is 54.1 Å². The second-order valence-electron chi connectivity index (χ2n) is 4.91. The van der Waals surface area contributed by atoms with Crippen LogP contribution >= 0.6 is 11.8 Å². The van der Waals surface area contributed by atoms with E-state index in [0.29, 0.717) is 0 Å². The number of carbonyl (C=O) groups excluding carboxylic acids is 1. The molecule has 0 aromatic heterocycles. The number of nitrogens with one attached hydrogen (secondary N) is 1. The first kappa shape index (κ1) is 14.0. The summed E-state index contributed by atoms with van der Waals surface area (Å²) in [6, 6.07) is 16.0. The van der Waals surface area contributed by atoms with Crippen LogP contribution in [-0.4, -0.2) is 18.3 Å². The molecule has 1 N–H and O–H groups in total. The Hall–Kier alpha value is -1.94. The Labute approximate surface area is 129 Å². The molecule has 0 atom stereocenters. The summed E-state index contributed by atoms with van der Waals surface area (Å²) in [7, 11) is 0. The smallest absolute Gasteiger partial charge is 0.307 e. The Balaban J connectivity index is 1.84. The van der Waals surface area contributed by atoms with Gasteiger partial charge in [0, 0.05) is 22.9 Å². The van der Waals surface area contributed by atoms with Gasteiger partial charge in [0.15, 0.2) is 0 Å². The molecule has 2 aromatic carbocycles. The van der Waals surface area contributed by atoms with Crippen LogP contribution in [-0.2, 0) is 6.42 Å². The van der Waals surface area contributed by atoms with Crippen molar-refractivity contribution in [2.24, 2.45) is 0 Å². The van der Waals surface area contributed by atoms with Crippen LogP contribution in [0.4, 0.5) is 16.2 Å². The van der Waals surface area contributed by atoms with Crippen LogP contribution in [0.15, 0.2) is 53.4 Å². The number of amides is 2. The van der Waals surface area contributed by atoms with Crippen molar-refractivity contribution in [1.82, 2.24) is 0 Å². The Bertz CT molecular complexity index is 657. The molecule has 2 amide bonds. The summed E-state index contributed by atoms with van der Waals surface area (Å²) in [5, 5.41) is 3.05. The van der Waals surface area contributed by atoms with Crippen LogP contribution in [0.3, 0.4) is 0 Å². The highest BCUT2D eigenvalue weighted by molar-refractivity contribution is 7.99. The number of anilines is 2. The lowest BCUT2D eigenvalue weighted by Crippen LogP contribution is -2.38. The van der Waals surface area contributed by atoms with Gasteiger partial charge in [0.05, 0.1) is 5.69 Å². The number of benzene rings is 2. The predicted octanol–water partition coefficient (Wildman–Crippen LogP) is 4.39. The Morgan fingerprint density at radius 2 is 1.95 bits per heavy atom. The van der Waals surface area contributed by atoms with Crippen molar-refractivity contribution in [3.8, 4) is 0 Å². The number of urea groups is 1. The molecular weight excluding hydrogens is 280 g/mol. The van der Waals surface area contributed by atoms with E-state index in [1.165, 1.54) is 4.90 Å². The van der Waals surface area contributed by atoms with E-state index in [9.17, 15) is 4.79 Å². The molecular formula is C17H18N2OS. The van der Waals surface area contributed by atoms with E-state index in [-0.39, 0.29) is 6.03 Å². The van der Waals surface area contributed by atoms with Crippen LogP contribution in [0.1, 0.15) is 12.5 Å². The van der Waals surface area contributed by atoms with Crippen LogP contribution in [0.25, 0.3) is 0 Å². The van der Waals surface area contributed by atoms with Gasteiger partial charge in [0.2, 0.25) is 0 Å². The van der Waals surface area contributed by atoms with E-state index in [0.717, 1.165) is 35.7 Å². The zero-order valence-electron chi connectivity index (χ0n) is 12.0. The number of nitrogens with zero attached hydrogens (tertiary/aromatic N) is 1. The van der Waals surface area contributed by atoms with Crippen LogP contribution in [0.2, 0.25) is 0 Å². The largest absolute Gasteiger partial charge is 0.326 e. The van der Waals surface area contributed by atoms with Crippen LogP contribution in [0.5, 0.6) is 0 Å². The average molecular weight is 298 g/mol. The van der Waals surface area contributed by atoms with Gasteiger partial charge in [-0.25, -0.2) is 4.79 Å². The summed E-state index contributed by atoms with van der Waals surface area (Å²) in [6.45, 7) is 2.83. The molecule has 4 heteroatoms. The molecule has 1 aliphatic rings. The second-order valence-corrected chi connectivity index (χ2v) is 6.05. The van der Waals surface area contributed by atoms with Gasteiger partial charge in [-0.3, -0.25) is 4.90 Å². The molecule has 0 unspecified atom stereocenters. The van der Waals surface area contributed by atoms with Crippen molar-refractivity contribution < 1.29 is 4.79 Å². The number of rotatable bonds is 2. The van der Waals surface area contributed by atoms with Gasteiger partial charge in [0.25, 0.3) is 0 Å². The zero-order valence-corrected chi connectivity index (χ0v) is 12.8. The fraction of sp³-hybridized carbons (Fsp3) is 0.235. The molecule has 1 heterocycles. The summed E-state index contributed by atoms with van der Waals surface area (Å²) < 4.78 is 0. The van der Waals surface area contributed by atoms with Gasteiger partial charge in [-0.05, 0) is 30.2 Å². The molecule has 3 nitrogen and oxygen atoms in total. The molecule has 0 spiro atoms. The van der Waals surface area contributed by atoms with E-state index in [2.05, 4.69) is 24.4 Å². The van der Waals surface area contributed by atoms with Crippen molar-refractivity contribution >= 4 is 29.2 Å². The maximum Gasteiger partial charge on any atom is 0.326 e. The quantitative estimate of drug-likeness (QED) is 0.891. The first-order valence-electron chi connectivity index (χ1n) is 7.18. The average Bonchev–Trinajstić information content (AvgIpc) is 2.54. The number of hydrogen-bond acceptors (Lipinski definition) is 2. The summed E-state index contributed by atoms with van der Waals surface area (Å²) in [6.07, 6.45) is 0.906. The summed E-state index contributed by atoms with van der Waals surface area (Å²) in [5.74, 6) is 0.930. The van der Waals surface area contributed by atoms with Gasteiger partial charge in [-0.1, -0.05) is 37.3 Å². The number of fused-ring (bicyclic) bond motifs is 1. The predicted molar refractivity (Wildman–Crippen MR) is 89.4 cm³/mol. The van der Waals surface area contributed by atoms with Crippen molar-refractivity contribution in [1.29, 1.82) is 0 Å². The first-order valence-corrected chi connectivity index (χ1v) is 8.16. The van der Waals surface area contributed by atoms with Crippen LogP contribution in [0, 0.1) is 0 Å². The van der Waals surface area contributed by atoms with E-state index >= 15 is 0 Å². The third kappa shape index (κ3) is 2.90. The highest BCUT2D eigenvalue weighted by Gasteiger charge is 2.22. The second kappa shape index (κ2) is 6.22. The first-order chi connectivity index (χ1) is 10.3. The monoisotopic (exact) mass is 298 g/mol. The number of para-hydroxylation sites is 2. The van der Waals surface area contributed by atoms with E-state index in [1.807, 2.05) is 41.3 Å². The highest BCUT2D eigenvalue weighted by atomic mass is 32.2. The fourth-order valence-electron chi connectivity index (χ4n) is 2.51. The highest BCUT2D eigenvalue weighted by Crippen LogP contribution is 2.34. The SMILES string of the molecule is CCc1ccccc1NC(=O)N1CCSc2ccccc21. The molecule has 3 rings (SSSR count). The lowest BCUT2D eigenvalue weighted by atomic mass is 10.1. The number of carbonyl (C=O) groups is 1. The molecule has 21 heavy (non-hydrogen) atoms. The Kier molecular flexibility index (Phi) is 4.15. The molecule has 0 fully saturated rings. The van der Waals surface area contributed by atoms with Crippen LogP contribution < -0.4 is 10.2 Å². The van der Waals surface area contributed by atoms with Crippen molar-refractivity contribution in [2.75, 3.05) is 22.5 Å². The third-order valence-electron chi connectivity index (χ3n) is 3.61. The normalized spacial score (nSPS) is 13.7. The summed E-state index contributed by atoms with van der Waals surface area (Å²) in [4.78, 5) is 15.6. The molecule has 0 bridgehead atoms. The molecule has 0 radical (unpaired) electrons. The van der Waals surface area contributed by atoms with E-state index in [4.69, 9.17) is 0 Å². The van der Waals surface area contributed by atoms with Gasteiger partial charge in [-0.15, -0.1) is 11.8 Å².